The van der Waals surface area contributed by atoms with Gasteiger partial charge in [0.1, 0.15) is 11.6 Å². The van der Waals surface area contributed by atoms with Crippen molar-refractivity contribution in [3.63, 3.8) is 0 Å². The number of pyridine rings is 1. The average molecular weight is 338 g/mol. The normalized spacial score (nSPS) is 10.1. The fourth-order valence-electron chi connectivity index (χ4n) is 1.54. The summed E-state index contributed by atoms with van der Waals surface area (Å²) >= 11 is 3.31. The summed E-state index contributed by atoms with van der Waals surface area (Å²) in [6.45, 7) is 2.58. The van der Waals surface area contributed by atoms with E-state index < -0.39 is 4.92 Å². The molecule has 1 heterocycles. The number of ether oxygens (including phenoxy) is 1. The number of nitrogens with zero attached hydrogens (tertiary/aromatic N) is 2. The molecule has 104 valence electrons. The van der Waals surface area contributed by atoms with Crippen molar-refractivity contribution in [1.29, 1.82) is 0 Å². The van der Waals surface area contributed by atoms with Crippen molar-refractivity contribution in [2.75, 3.05) is 11.9 Å². The van der Waals surface area contributed by atoms with E-state index in [1.54, 1.807) is 30.3 Å². The molecule has 20 heavy (non-hydrogen) atoms. The van der Waals surface area contributed by atoms with E-state index in [1.807, 2.05) is 6.92 Å². The molecular weight excluding hydrogens is 326 g/mol. The quantitative estimate of drug-likeness (QED) is 0.659. The third kappa shape index (κ3) is 3.45. The van der Waals surface area contributed by atoms with Crippen LogP contribution in [0.2, 0.25) is 0 Å². The number of hydrogen-bond donors (Lipinski definition) is 1. The van der Waals surface area contributed by atoms with E-state index in [0.717, 1.165) is 4.47 Å². The standard InChI is InChI=1S/C13H12BrN3O3/c1-2-15-12-8-7-11(17(18)19)13(16-12)20-10-5-3-9(14)4-6-10/h3-8H,2H2,1H3,(H,15,16). The van der Waals surface area contributed by atoms with Gasteiger partial charge in [-0.25, -0.2) is 0 Å². The molecule has 1 aromatic heterocycles. The fraction of sp³-hybridized carbons (Fsp3) is 0.154. The fourth-order valence-corrected chi connectivity index (χ4v) is 1.81. The van der Waals surface area contributed by atoms with Crippen LogP contribution >= 0.6 is 15.9 Å². The van der Waals surface area contributed by atoms with Crippen LogP contribution in [0.25, 0.3) is 0 Å². The lowest BCUT2D eigenvalue weighted by Crippen LogP contribution is -2.02. The number of aromatic nitrogens is 1. The molecule has 7 heteroatoms. The Balaban J connectivity index is 2.34. The van der Waals surface area contributed by atoms with E-state index in [2.05, 4.69) is 26.2 Å². The van der Waals surface area contributed by atoms with Crippen molar-refractivity contribution in [2.24, 2.45) is 0 Å². The van der Waals surface area contributed by atoms with Crippen LogP contribution in [-0.4, -0.2) is 16.5 Å². The molecule has 0 saturated carbocycles. The minimum atomic E-state index is -0.517. The van der Waals surface area contributed by atoms with Crippen molar-refractivity contribution in [3.05, 3.63) is 51.0 Å². The number of benzene rings is 1. The van der Waals surface area contributed by atoms with Gasteiger partial charge in [0, 0.05) is 17.1 Å². The zero-order valence-corrected chi connectivity index (χ0v) is 12.3. The molecule has 0 radical (unpaired) electrons. The van der Waals surface area contributed by atoms with Crippen molar-refractivity contribution in [2.45, 2.75) is 6.92 Å². The van der Waals surface area contributed by atoms with Crippen LogP contribution in [0.5, 0.6) is 11.6 Å². The van der Waals surface area contributed by atoms with Gasteiger partial charge in [0.15, 0.2) is 0 Å². The number of halogens is 1. The highest BCUT2D eigenvalue weighted by Gasteiger charge is 2.18. The second-order valence-corrected chi connectivity index (χ2v) is 4.78. The van der Waals surface area contributed by atoms with Crippen molar-refractivity contribution >= 4 is 27.4 Å². The summed E-state index contributed by atoms with van der Waals surface area (Å²) in [6.07, 6.45) is 0. The number of hydrogen-bond acceptors (Lipinski definition) is 5. The molecule has 0 aliphatic carbocycles. The van der Waals surface area contributed by atoms with Crippen molar-refractivity contribution < 1.29 is 9.66 Å². The molecule has 0 bridgehead atoms. The minimum absolute atomic E-state index is 0.0317. The van der Waals surface area contributed by atoms with E-state index in [-0.39, 0.29) is 11.6 Å². The Kier molecular flexibility index (Phi) is 4.52. The number of anilines is 1. The lowest BCUT2D eigenvalue weighted by Gasteiger charge is -2.08. The van der Waals surface area contributed by atoms with Gasteiger partial charge in [-0.15, -0.1) is 0 Å². The highest BCUT2D eigenvalue weighted by atomic mass is 79.9. The van der Waals surface area contributed by atoms with E-state index in [9.17, 15) is 10.1 Å². The largest absolute Gasteiger partial charge is 0.434 e. The van der Waals surface area contributed by atoms with Crippen LogP contribution in [0.3, 0.4) is 0 Å². The summed E-state index contributed by atoms with van der Waals surface area (Å²) in [5, 5.41) is 14.0. The first-order valence-corrected chi connectivity index (χ1v) is 6.72. The Hall–Kier alpha value is -2.15. The second-order valence-electron chi connectivity index (χ2n) is 3.86. The molecule has 2 aromatic rings. The Bertz CT molecular complexity index is 617. The minimum Gasteiger partial charge on any atom is -0.434 e. The molecule has 0 atom stereocenters. The molecular formula is C13H12BrN3O3. The van der Waals surface area contributed by atoms with E-state index in [0.29, 0.717) is 18.1 Å². The third-order valence-electron chi connectivity index (χ3n) is 2.42. The van der Waals surface area contributed by atoms with Gasteiger partial charge in [0.25, 0.3) is 0 Å². The van der Waals surface area contributed by atoms with Gasteiger partial charge in [-0.05, 0) is 37.3 Å². The molecule has 0 amide bonds. The van der Waals surface area contributed by atoms with Crippen LogP contribution in [0.4, 0.5) is 11.5 Å². The Morgan fingerprint density at radius 3 is 2.60 bits per heavy atom. The first-order valence-electron chi connectivity index (χ1n) is 5.93. The molecule has 1 aromatic carbocycles. The van der Waals surface area contributed by atoms with Crippen molar-refractivity contribution in [1.82, 2.24) is 4.98 Å². The molecule has 0 saturated heterocycles. The summed E-state index contributed by atoms with van der Waals surface area (Å²) in [4.78, 5) is 14.6. The monoisotopic (exact) mass is 337 g/mol. The SMILES string of the molecule is CCNc1ccc([N+](=O)[O-])c(Oc2ccc(Br)cc2)n1. The number of nitrogens with one attached hydrogen (secondary N) is 1. The lowest BCUT2D eigenvalue weighted by atomic mass is 10.3. The third-order valence-corrected chi connectivity index (χ3v) is 2.95. The highest BCUT2D eigenvalue weighted by molar-refractivity contribution is 9.10. The lowest BCUT2D eigenvalue weighted by molar-refractivity contribution is -0.386. The van der Waals surface area contributed by atoms with E-state index >= 15 is 0 Å². The van der Waals surface area contributed by atoms with Gasteiger partial charge in [-0.1, -0.05) is 15.9 Å². The van der Waals surface area contributed by atoms with Gasteiger partial charge in [-0.2, -0.15) is 4.98 Å². The van der Waals surface area contributed by atoms with Crippen LogP contribution in [0, 0.1) is 10.1 Å². The molecule has 0 fully saturated rings. The van der Waals surface area contributed by atoms with Crippen LogP contribution in [0.15, 0.2) is 40.9 Å². The molecule has 0 unspecified atom stereocenters. The Morgan fingerprint density at radius 2 is 2.00 bits per heavy atom. The molecule has 1 N–H and O–H groups in total. The second kappa shape index (κ2) is 6.33. The molecule has 0 aliphatic heterocycles. The highest BCUT2D eigenvalue weighted by Crippen LogP contribution is 2.31. The number of nitro groups is 1. The van der Waals surface area contributed by atoms with Gasteiger partial charge < -0.3 is 10.1 Å². The Labute approximate surface area is 124 Å². The van der Waals surface area contributed by atoms with Crippen LogP contribution < -0.4 is 10.1 Å². The van der Waals surface area contributed by atoms with Gasteiger partial charge >= 0.3 is 11.6 Å². The van der Waals surface area contributed by atoms with Crippen LogP contribution in [-0.2, 0) is 0 Å². The topological polar surface area (TPSA) is 77.3 Å². The maximum Gasteiger partial charge on any atom is 0.331 e. The summed E-state index contributed by atoms with van der Waals surface area (Å²) in [5.74, 6) is 0.985. The first-order chi connectivity index (χ1) is 9.60. The molecule has 0 spiro atoms. The zero-order valence-electron chi connectivity index (χ0n) is 10.7. The summed E-state index contributed by atoms with van der Waals surface area (Å²) in [7, 11) is 0. The summed E-state index contributed by atoms with van der Waals surface area (Å²) in [5.41, 5.74) is -0.172. The van der Waals surface area contributed by atoms with Gasteiger partial charge in [0.05, 0.1) is 4.92 Å². The molecule has 2 rings (SSSR count). The molecule has 6 nitrogen and oxygen atoms in total. The zero-order chi connectivity index (χ0) is 14.5. The van der Waals surface area contributed by atoms with Gasteiger partial charge in [0.2, 0.25) is 0 Å². The maximum absolute atomic E-state index is 11.0. The predicted molar refractivity (Wildman–Crippen MR) is 79.3 cm³/mol. The van der Waals surface area contributed by atoms with Crippen molar-refractivity contribution in [3.8, 4) is 11.6 Å². The van der Waals surface area contributed by atoms with E-state index in [1.165, 1.54) is 6.07 Å². The summed E-state index contributed by atoms with van der Waals surface area (Å²) in [6, 6.07) is 9.91. The van der Waals surface area contributed by atoms with Gasteiger partial charge in [-0.3, -0.25) is 10.1 Å². The van der Waals surface area contributed by atoms with E-state index in [4.69, 9.17) is 4.74 Å². The summed E-state index contributed by atoms with van der Waals surface area (Å²) < 4.78 is 6.40. The molecule has 0 aliphatic rings. The predicted octanol–water partition coefficient (Wildman–Crippen LogP) is 3.98. The number of rotatable bonds is 5. The first kappa shape index (κ1) is 14.3. The Morgan fingerprint density at radius 1 is 1.30 bits per heavy atom. The average Bonchev–Trinajstić information content (AvgIpc) is 2.42. The maximum atomic E-state index is 11.0. The smallest absolute Gasteiger partial charge is 0.331 e. The van der Waals surface area contributed by atoms with Crippen LogP contribution in [0.1, 0.15) is 6.92 Å².